The van der Waals surface area contributed by atoms with Gasteiger partial charge in [-0.1, -0.05) is 42.2 Å². The number of anilines is 1. The van der Waals surface area contributed by atoms with Crippen molar-refractivity contribution < 1.29 is 27.9 Å². The number of carbonyl (C=O) groups excluding carboxylic acids is 2. The zero-order valence-corrected chi connectivity index (χ0v) is 19.7. The highest BCUT2D eigenvalue weighted by Crippen LogP contribution is 2.38. The Hall–Kier alpha value is -2.67. The Morgan fingerprint density at radius 2 is 2.00 bits per heavy atom. The normalized spacial score (nSPS) is 19.0. The second-order valence-electron chi connectivity index (χ2n) is 6.87. The molecule has 0 spiro atoms. The molecular weight excluding hydrogens is 474 g/mol. The molecule has 0 saturated carbocycles. The topological polar surface area (TPSA) is 116 Å². The van der Waals surface area contributed by atoms with Crippen molar-refractivity contribution in [2.24, 2.45) is 0 Å². The van der Waals surface area contributed by atoms with E-state index in [0.29, 0.717) is 23.8 Å². The number of sulfonamides is 1. The van der Waals surface area contributed by atoms with Crippen molar-refractivity contribution in [3.63, 3.8) is 0 Å². The lowest BCUT2D eigenvalue weighted by molar-refractivity contribution is -0.122. The van der Waals surface area contributed by atoms with Crippen LogP contribution in [0, 0.1) is 0 Å². The Morgan fingerprint density at radius 3 is 2.69 bits per heavy atom. The van der Waals surface area contributed by atoms with Crippen LogP contribution in [0.5, 0.6) is 5.75 Å². The summed E-state index contributed by atoms with van der Waals surface area (Å²) in [4.78, 5) is 26.7. The molecule has 3 rings (SSSR count). The van der Waals surface area contributed by atoms with Gasteiger partial charge >= 0.3 is 0 Å². The number of para-hydroxylation sites is 2. The molecule has 0 radical (unpaired) electrons. The predicted octanol–water partition coefficient (Wildman–Crippen LogP) is 1.83. The van der Waals surface area contributed by atoms with E-state index in [4.69, 9.17) is 17.0 Å². The first-order valence-corrected chi connectivity index (χ1v) is 12.3. The number of hydrogen-bond acceptors (Lipinski definition) is 9. The lowest BCUT2D eigenvalue weighted by Gasteiger charge is -2.16. The quantitative estimate of drug-likeness (QED) is 0.432. The van der Waals surface area contributed by atoms with Crippen LogP contribution in [0.4, 0.5) is 5.69 Å². The minimum absolute atomic E-state index is 0.0540. The van der Waals surface area contributed by atoms with Crippen LogP contribution in [-0.2, 0) is 19.6 Å². The predicted molar refractivity (Wildman–Crippen MR) is 126 cm³/mol. The van der Waals surface area contributed by atoms with Gasteiger partial charge in [0, 0.05) is 13.5 Å². The Bertz CT molecular complexity index is 1160. The van der Waals surface area contributed by atoms with E-state index < -0.39 is 27.7 Å². The molecule has 0 aliphatic carbocycles. The fraction of sp³-hybridized carbons (Fsp3) is 0.250. The Labute approximate surface area is 195 Å². The second-order valence-corrected chi connectivity index (χ2v) is 10.2. The number of thiocarbonyl (C=S) groups is 1. The van der Waals surface area contributed by atoms with Crippen LogP contribution in [-0.4, -0.2) is 53.6 Å². The molecule has 170 valence electrons. The second kappa shape index (κ2) is 9.86. The van der Waals surface area contributed by atoms with Crippen molar-refractivity contribution in [2.75, 3.05) is 23.9 Å². The van der Waals surface area contributed by atoms with Crippen LogP contribution in [0.15, 0.2) is 58.9 Å². The summed E-state index contributed by atoms with van der Waals surface area (Å²) in [5.74, 6) is -0.824. The maximum absolute atomic E-state index is 12.6. The number of hydrogen-bond donors (Lipinski definition) is 2. The number of amides is 2. The van der Waals surface area contributed by atoms with Gasteiger partial charge in [0.05, 0.1) is 17.2 Å². The number of aliphatic hydroxyl groups excluding tert-OH is 1. The molecule has 1 saturated heterocycles. The first kappa shape index (κ1) is 24.0. The molecule has 12 heteroatoms. The maximum Gasteiger partial charge on any atom is 0.267 e. The zero-order valence-electron chi connectivity index (χ0n) is 17.3. The summed E-state index contributed by atoms with van der Waals surface area (Å²) in [5.41, 5.74) is 1.55. The van der Waals surface area contributed by atoms with Gasteiger partial charge in [0.2, 0.25) is 11.8 Å². The van der Waals surface area contributed by atoms with Gasteiger partial charge in [-0.3, -0.25) is 19.2 Å². The highest BCUT2D eigenvalue weighted by molar-refractivity contribution is 8.26. The molecule has 2 heterocycles. The van der Waals surface area contributed by atoms with E-state index in [1.54, 1.807) is 25.2 Å². The number of nitrogens with zero attached hydrogens (tertiary/aromatic N) is 2. The molecule has 0 unspecified atom stereocenters. The minimum atomic E-state index is -4.03. The third-order valence-electron chi connectivity index (χ3n) is 4.28. The number of fused-ring (bicyclic) bond motifs is 1. The summed E-state index contributed by atoms with van der Waals surface area (Å²) in [7, 11) is -4.03. The summed E-state index contributed by atoms with van der Waals surface area (Å²) in [6.45, 7) is 3.15. The number of nitrogens with one attached hydrogen (secondary N) is 1. The fourth-order valence-corrected chi connectivity index (χ4v) is 5.55. The number of carbonyl (C=O) groups is 2. The molecule has 2 aliphatic rings. The number of aliphatic hydroxyl groups is 1. The maximum atomic E-state index is 12.6. The number of allylic oxidation sites excluding steroid dienone is 4. The van der Waals surface area contributed by atoms with Gasteiger partial charge in [-0.15, -0.1) is 0 Å². The molecule has 1 fully saturated rings. The van der Waals surface area contributed by atoms with Gasteiger partial charge in [-0.25, -0.2) is 8.42 Å². The van der Waals surface area contributed by atoms with Crippen molar-refractivity contribution in [3.8, 4) is 5.75 Å². The lowest BCUT2D eigenvalue weighted by Crippen LogP contribution is -2.40. The Morgan fingerprint density at radius 1 is 1.28 bits per heavy atom. The molecule has 2 amide bonds. The van der Waals surface area contributed by atoms with Crippen molar-refractivity contribution in [1.82, 2.24) is 9.62 Å². The summed E-state index contributed by atoms with van der Waals surface area (Å²) in [6, 6.07) is 7.46. The van der Waals surface area contributed by atoms with Crippen LogP contribution in [0.1, 0.15) is 13.8 Å². The number of thioether (sulfide) groups is 1. The fourth-order valence-electron chi connectivity index (χ4n) is 3.00. The van der Waals surface area contributed by atoms with Gasteiger partial charge in [0.15, 0.2) is 5.75 Å². The largest absolute Gasteiger partial charge is 0.439 e. The summed E-state index contributed by atoms with van der Waals surface area (Å²) in [6.07, 6.45) is 5.06. The summed E-state index contributed by atoms with van der Waals surface area (Å²) in [5, 5.41) is 9.37. The minimum Gasteiger partial charge on any atom is -0.439 e. The van der Waals surface area contributed by atoms with E-state index in [1.165, 1.54) is 0 Å². The molecule has 0 bridgehead atoms. The molecule has 9 nitrogen and oxygen atoms in total. The van der Waals surface area contributed by atoms with Crippen LogP contribution < -0.4 is 14.4 Å². The number of rotatable bonds is 7. The van der Waals surface area contributed by atoms with Crippen LogP contribution in [0.2, 0.25) is 0 Å². The highest BCUT2D eigenvalue weighted by atomic mass is 32.2. The Kier molecular flexibility index (Phi) is 7.39. The van der Waals surface area contributed by atoms with Crippen molar-refractivity contribution in [1.29, 1.82) is 0 Å². The van der Waals surface area contributed by atoms with E-state index in [-0.39, 0.29) is 15.8 Å². The van der Waals surface area contributed by atoms with Gasteiger partial charge in [-0.05, 0) is 36.8 Å². The van der Waals surface area contributed by atoms with Gasteiger partial charge in [0.25, 0.3) is 15.9 Å². The lowest BCUT2D eigenvalue weighted by atomic mass is 10.2. The van der Waals surface area contributed by atoms with E-state index in [2.05, 4.69) is 0 Å². The molecular formula is C20H21N3O6S3. The molecule has 2 aliphatic heterocycles. The van der Waals surface area contributed by atoms with E-state index >= 15 is 0 Å². The first-order valence-electron chi connectivity index (χ1n) is 9.41. The van der Waals surface area contributed by atoms with Crippen LogP contribution in [0.25, 0.3) is 0 Å². The van der Waals surface area contributed by atoms with Crippen LogP contribution in [0.3, 0.4) is 0 Å². The molecule has 32 heavy (non-hydrogen) atoms. The van der Waals surface area contributed by atoms with E-state index in [9.17, 15) is 23.1 Å². The molecule has 0 aromatic heterocycles. The van der Waals surface area contributed by atoms with Gasteiger partial charge in [-0.2, -0.15) is 0 Å². The Balaban J connectivity index is 1.76. The smallest absolute Gasteiger partial charge is 0.267 e. The molecule has 1 aromatic rings. The molecule has 1 aromatic carbocycles. The van der Waals surface area contributed by atoms with E-state index in [0.717, 1.165) is 29.3 Å². The standard InChI is InChI=1S/C20H21N3O6S3/c1-13(7-8-18-22(9-10-24)15-5-3-4-6-16(15)29-18)11-17-19(26)23(20(30)31-17)12-32(27,28)21-14(2)25/h3-8,11,24H,9-10,12H2,1-2H3,(H,21,25). The van der Waals surface area contributed by atoms with Crippen molar-refractivity contribution in [2.45, 2.75) is 13.8 Å². The molecule has 0 atom stereocenters. The van der Waals surface area contributed by atoms with Gasteiger partial charge < -0.3 is 14.7 Å². The van der Waals surface area contributed by atoms with E-state index in [1.807, 2.05) is 33.9 Å². The zero-order chi connectivity index (χ0) is 23.5. The average molecular weight is 496 g/mol. The SMILES string of the molecule is CC(=O)NS(=O)(=O)CN1C(=O)C(=CC(C)=CC=C2Oc3ccccc3N2CCO)SC1=S. The monoisotopic (exact) mass is 495 g/mol. The third kappa shape index (κ3) is 5.57. The average Bonchev–Trinajstić information content (AvgIpc) is 3.18. The van der Waals surface area contributed by atoms with Crippen LogP contribution >= 0.6 is 24.0 Å². The van der Waals surface area contributed by atoms with Crippen molar-refractivity contribution >= 4 is 55.8 Å². The first-order chi connectivity index (χ1) is 15.1. The number of ether oxygens (including phenoxy) is 1. The molecule has 2 N–H and O–H groups in total. The number of benzene rings is 1. The third-order valence-corrected chi connectivity index (χ3v) is 6.85. The summed E-state index contributed by atoms with van der Waals surface area (Å²) >= 11 is 6.12. The van der Waals surface area contributed by atoms with Crippen molar-refractivity contribution in [3.05, 3.63) is 58.9 Å². The van der Waals surface area contributed by atoms with Gasteiger partial charge in [0.1, 0.15) is 10.2 Å². The highest BCUT2D eigenvalue weighted by Gasteiger charge is 2.35. The summed E-state index contributed by atoms with van der Waals surface area (Å²) < 4.78 is 31.7. The number of β-amino-alcohol motifs (C(OH)–C–C–N with tert-alkyl or cyclic N) is 1.